The van der Waals surface area contributed by atoms with Crippen LogP contribution >= 0.6 is 54.0 Å². The lowest BCUT2D eigenvalue weighted by Gasteiger charge is -2.36. The molecule has 0 aromatic carbocycles. The van der Waals surface area contributed by atoms with Gasteiger partial charge in [0.05, 0.1) is 6.00 Å². The number of ether oxygens (including phenoxy) is 1. The minimum atomic E-state index is -0.616. The molecule has 0 N–H and O–H groups in total. The molecule has 0 bridgehead atoms. The average Bonchev–Trinajstić information content (AvgIpc) is 2.56. The Morgan fingerprint density at radius 1 is 1.03 bits per heavy atom. The van der Waals surface area contributed by atoms with Crippen molar-refractivity contribution in [3.8, 4) is 0 Å². The molecule has 1 rings (SSSR count). The van der Waals surface area contributed by atoms with Crippen LogP contribution in [0.2, 0.25) is 0 Å². The van der Waals surface area contributed by atoms with Gasteiger partial charge in [-0.15, -0.1) is 0 Å². The summed E-state index contributed by atoms with van der Waals surface area (Å²) < 4.78 is 5.35. The third-order valence-electron chi connectivity index (χ3n) is 6.65. The number of hydrogen-bond acceptors (Lipinski definition) is 3. The fraction of sp³-hybridized carbons (Fsp3) is 0.818. The van der Waals surface area contributed by atoms with Crippen molar-refractivity contribution in [3.63, 3.8) is 0 Å². The van der Waals surface area contributed by atoms with Crippen LogP contribution in [0.25, 0.3) is 0 Å². The minimum Gasteiger partial charge on any atom is -0.472 e. The molecule has 178 valence electrons. The van der Waals surface area contributed by atoms with Crippen molar-refractivity contribution in [2.45, 2.75) is 86.6 Å². The van der Waals surface area contributed by atoms with Crippen LogP contribution in [0.1, 0.15) is 80.6 Å². The van der Waals surface area contributed by atoms with Crippen molar-refractivity contribution < 1.29 is 14.3 Å². The van der Waals surface area contributed by atoms with Crippen molar-refractivity contribution >= 4 is 73.6 Å². The van der Waals surface area contributed by atoms with Crippen LogP contribution < -0.4 is 0 Å². The van der Waals surface area contributed by atoms with E-state index in [1.54, 1.807) is 0 Å². The summed E-state index contributed by atoms with van der Waals surface area (Å²) in [6.07, 6.45) is 6.06. The van der Waals surface area contributed by atoms with Gasteiger partial charge in [0, 0.05) is 17.8 Å². The van der Waals surface area contributed by atoms with Crippen molar-refractivity contribution in [3.05, 3.63) is 11.6 Å². The number of carbonyl (C=O) groups excluding carboxylic acids is 2. The molecule has 5 atom stereocenters. The molecule has 1 aliphatic heterocycles. The second-order valence-electron chi connectivity index (χ2n) is 9.02. The summed E-state index contributed by atoms with van der Waals surface area (Å²) in [6, 6.07) is -0.616. The second kappa shape index (κ2) is 16.9. The molecule has 0 aromatic rings. The van der Waals surface area contributed by atoms with E-state index in [2.05, 4.69) is 26.8 Å². The van der Waals surface area contributed by atoms with Crippen molar-refractivity contribution in [1.29, 1.82) is 0 Å². The van der Waals surface area contributed by atoms with E-state index in [-0.39, 0.29) is 84.0 Å². The third kappa shape index (κ3) is 11.3. The zero-order valence-electron chi connectivity index (χ0n) is 19.8. The predicted molar refractivity (Wildman–Crippen MR) is 149 cm³/mol. The molecular weight excluding hydrogens is 451 g/mol. The van der Waals surface area contributed by atoms with Crippen LogP contribution in [0.4, 0.5) is 0 Å². The average molecular weight is 497 g/mol. The van der Waals surface area contributed by atoms with Gasteiger partial charge >= 0.3 is 5.97 Å². The summed E-state index contributed by atoms with van der Waals surface area (Å²) >= 11 is 0. The molecule has 0 saturated carbocycles. The zero-order valence-corrected chi connectivity index (χ0v) is 23.8. The first-order valence-corrected chi connectivity index (χ1v) is 10.1. The van der Waals surface area contributed by atoms with Gasteiger partial charge in [-0.2, -0.15) is 54.0 Å². The lowest BCUT2D eigenvalue weighted by molar-refractivity contribution is -0.148. The van der Waals surface area contributed by atoms with Gasteiger partial charge in [-0.25, -0.2) is 0 Å². The third-order valence-corrected chi connectivity index (χ3v) is 6.65. The first-order valence-electron chi connectivity index (χ1n) is 10.1. The molecule has 0 aliphatic carbocycles. The molecule has 0 unspecified atom stereocenters. The maximum absolute atomic E-state index is 13.2. The Bertz CT molecular complexity index is 540. The SMILES string of the molecule is S.S.S.S.[B][C@@H]1C/C=C(/C)CCC[C@@H](C)[C@H](C)[C@@H](C)C(=O)C(C)(C)[C@@H](C)CC(=O)O1. The van der Waals surface area contributed by atoms with E-state index in [0.29, 0.717) is 18.3 Å². The van der Waals surface area contributed by atoms with E-state index >= 15 is 0 Å². The maximum Gasteiger partial charge on any atom is 0.305 e. The smallest absolute Gasteiger partial charge is 0.305 e. The molecule has 0 amide bonds. The highest BCUT2D eigenvalue weighted by Gasteiger charge is 2.40. The van der Waals surface area contributed by atoms with Crippen LogP contribution in [-0.4, -0.2) is 25.6 Å². The summed E-state index contributed by atoms with van der Waals surface area (Å²) in [5.41, 5.74) is 0.714. The second-order valence-corrected chi connectivity index (χ2v) is 9.02. The van der Waals surface area contributed by atoms with Gasteiger partial charge in [0.15, 0.2) is 0 Å². The van der Waals surface area contributed by atoms with E-state index in [9.17, 15) is 9.59 Å². The molecular formula is C22H45BO3S4. The molecule has 30 heavy (non-hydrogen) atoms. The van der Waals surface area contributed by atoms with Crippen LogP contribution in [0.5, 0.6) is 0 Å². The number of esters is 1. The summed E-state index contributed by atoms with van der Waals surface area (Å²) in [5, 5.41) is 0. The Balaban J connectivity index is -0.000000845. The Morgan fingerprint density at radius 2 is 1.57 bits per heavy atom. The molecule has 1 aliphatic rings. The zero-order chi connectivity index (χ0) is 20.1. The first kappa shape index (κ1) is 37.6. The highest BCUT2D eigenvalue weighted by atomic mass is 32.1. The van der Waals surface area contributed by atoms with E-state index in [1.807, 2.05) is 27.7 Å². The minimum absolute atomic E-state index is 0. The Labute approximate surface area is 214 Å². The summed E-state index contributed by atoms with van der Waals surface area (Å²) in [5.74, 6) is 0.623. The van der Waals surface area contributed by atoms with E-state index in [4.69, 9.17) is 12.6 Å². The topological polar surface area (TPSA) is 43.4 Å². The number of carbonyl (C=O) groups is 2. The monoisotopic (exact) mass is 496 g/mol. The number of hydrogen-bond donors (Lipinski definition) is 0. The van der Waals surface area contributed by atoms with Gasteiger partial charge in [-0.1, -0.05) is 59.6 Å². The molecule has 0 aromatic heterocycles. The van der Waals surface area contributed by atoms with Gasteiger partial charge in [-0.05, 0) is 43.9 Å². The first-order chi connectivity index (χ1) is 12.0. The number of cyclic esters (lactones) is 1. The fourth-order valence-corrected chi connectivity index (χ4v) is 3.72. The van der Waals surface area contributed by atoms with E-state index < -0.39 is 11.4 Å². The lowest BCUT2D eigenvalue weighted by atomic mass is 9.67. The van der Waals surface area contributed by atoms with Gasteiger partial charge in [-0.3, -0.25) is 9.59 Å². The quantitative estimate of drug-likeness (QED) is 0.252. The predicted octanol–water partition coefficient (Wildman–Crippen LogP) is 5.53. The summed E-state index contributed by atoms with van der Waals surface area (Å²) in [4.78, 5) is 25.4. The van der Waals surface area contributed by atoms with Crippen molar-refractivity contribution in [1.82, 2.24) is 0 Å². The molecule has 1 heterocycles. The maximum atomic E-state index is 13.2. The van der Waals surface area contributed by atoms with E-state index in [1.165, 1.54) is 5.57 Å². The number of allylic oxidation sites excluding steroid dienone is 1. The molecule has 3 nitrogen and oxygen atoms in total. The molecule has 0 saturated heterocycles. The molecule has 8 heteroatoms. The number of rotatable bonds is 0. The van der Waals surface area contributed by atoms with Gasteiger partial charge in [0.25, 0.3) is 0 Å². The van der Waals surface area contributed by atoms with Gasteiger partial charge in [0.2, 0.25) is 0 Å². The van der Waals surface area contributed by atoms with Crippen LogP contribution in [0.15, 0.2) is 11.6 Å². The summed E-state index contributed by atoms with van der Waals surface area (Å²) in [6.45, 7) is 14.4. The number of ketones is 1. The Morgan fingerprint density at radius 3 is 2.10 bits per heavy atom. The van der Waals surface area contributed by atoms with Gasteiger partial charge < -0.3 is 4.74 Å². The number of Topliss-reactive ketones (excluding diaryl/α,β-unsaturated/α-hetero) is 1. The van der Waals surface area contributed by atoms with Crippen molar-refractivity contribution in [2.75, 3.05) is 0 Å². The van der Waals surface area contributed by atoms with Crippen LogP contribution in [0, 0.1) is 29.1 Å². The standard InChI is InChI=1S/C22H37BO3.4H2S/c1-14-9-8-10-15(2)17(4)18(5)21(25)22(6,7)16(3)13-20(24)26-19(23)12-11-14;;;;/h11,15-19H,8-10,12-13H2,1-7H3;4*1H2/b14-11-;;;;/t15-,16+,17+,18-,19+;;;;/m1..../s1. The van der Waals surface area contributed by atoms with E-state index in [0.717, 1.165) is 19.3 Å². The van der Waals surface area contributed by atoms with Crippen LogP contribution in [0.3, 0.4) is 0 Å². The van der Waals surface area contributed by atoms with Gasteiger partial charge in [0.1, 0.15) is 13.6 Å². The lowest BCUT2D eigenvalue weighted by Crippen LogP contribution is -2.40. The highest BCUT2D eigenvalue weighted by Crippen LogP contribution is 2.37. The Hall–Kier alpha value is 0.345. The largest absolute Gasteiger partial charge is 0.472 e. The normalized spacial score (nSPS) is 32.5. The highest BCUT2D eigenvalue weighted by molar-refractivity contribution is 7.59. The van der Waals surface area contributed by atoms with Crippen LogP contribution in [-0.2, 0) is 14.3 Å². The summed E-state index contributed by atoms with van der Waals surface area (Å²) in [7, 11) is 5.94. The van der Waals surface area contributed by atoms with Crippen molar-refractivity contribution in [2.24, 2.45) is 29.1 Å². The molecule has 2 radical (unpaired) electrons. The molecule has 0 fully saturated rings. The fourth-order valence-electron chi connectivity index (χ4n) is 3.72. The molecule has 0 spiro atoms. The Kier molecular flexibility index (Phi) is 21.2.